The van der Waals surface area contributed by atoms with Crippen molar-refractivity contribution in [2.75, 3.05) is 13.7 Å². The van der Waals surface area contributed by atoms with Gasteiger partial charge in [0.05, 0.1) is 25.7 Å². The number of carbonyl (C=O) groups excluding carboxylic acids is 1. The molecular weight excluding hydrogens is 366 g/mol. The van der Waals surface area contributed by atoms with Crippen molar-refractivity contribution in [1.29, 1.82) is 0 Å². The van der Waals surface area contributed by atoms with Crippen LogP contribution in [0.5, 0.6) is 17.2 Å². The van der Waals surface area contributed by atoms with Gasteiger partial charge in [0.15, 0.2) is 11.5 Å². The summed E-state index contributed by atoms with van der Waals surface area (Å²) >= 11 is 0. The molecule has 5 nitrogen and oxygen atoms in total. The minimum Gasteiger partial charge on any atom is -0.493 e. The first kappa shape index (κ1) is 19.6. The van der Waals surface area contributed by atoms with Crippen LogP contribution in [0.25, 0.3) is 0 Å². The van der Waals surface area contributed by atoms with Crippen molar-refractivity contribution in [3.8, 4) is 17.2 Å². The molecule has 2 aliphatic heterocycles. The van der Waals surface area contributed by atoms with Gasteiger partial charge in [-0.3, -0.25) is 4.79 Å². The van der Waals surface area contributed by atoms with Crippen molar-refractivity contribution in [3.63, 3.8) is 0 Å². The van der Waals surface area contributed by atoms with E-state index in [4.69, 9.17) is 14.2 Å². The fourth-order valence-corrected chi connectivity index (χ4v) is 4.27. The Morgan fingerprint density at radius 2 is 2.07 bits per heavy atom. The normalized spacial score (nSPS) is 20.0. The van der Waals surface area contributed by atoms with Crippen molar-refractivity contribution in [2.45, 2.75) is 58.1 Å². The van der Waals surface area contributed by atoms with E-state index in [1.807, 2.05) is 38.1 Å². The zero-order valence-corrected chi connectivity index (χ0v) is 17.8. The van der Waals surface area contributed by atoms with Crippen molar-refractivity contribution < 1.29 is 19.0 Å². The van der Waals surface area contributed by atoms with Crippen LogP contribution < -0.4 is 19.5 Å². The van der Waals surface area contributed by atoms with Gasteiger partial charge in [-0.05, 0) is 63.4 Å². The van der Waals surface area contributed by atoms with Crippen molar-refractivity contribution in [2.24, 2.45) is 0 Å². The average molecular weight is 395 g/mol. The molecule has 1 N–H and O–H groups in total. The second-order valence-electron chi connectivity index (χ2n) is 8.71. The number of methoxy groups -OCH3 is 1. The molecule has 1 amide bonds. The predicted molar refractivity (Wildman–Crippen MR) is 112 cm³/mol. The largest absolute Gasteiger partial charge is 0.493 e. The number of hydrogen-bond donors (Lipinski definition) is 1. The van der Waals surface area contributed by atoms with E-state index in [0.717, 1.165) is 45.9 Å². The van der Waals surface area contributed by atoms with Crippen molar-refractivity contribution in [3.05, 3.63) is 52.6 Å². The van der Waals surface area contributed by atoms with E-state index in [0.29, 0.717) is 13.0 Å². The number of amides is 1. The summed E-state index contributed by atoms with van der Waals surface area (Å²) in [5.74, 6) is 2.19. The summed E-state index contributed by atoms with van der Waals surface area (Å²) in [6, 6.07) is 10.00. The maximum absolute atomic E-state index is 13.1. The number of rotatable bonds is 4. The van der Waals surface area contributed by atoms with Crippen molar-refractivity contribution in [1.82, 2.24) is 5.32 Å². The molecule has 0 bridgehead atoms. The van der Waals surface area contributed by atoms with Crippen molar-refractivity contribution >= 4 is 5.91 Å². The lowest BCUT2D eigenvalue weighted by molar-refractivity contribution is -0.123. The fraction of sp³-hybridized carbons (Fsp3) is 0.458. The van der Waals surface area contributed by atoms with Crippen LogP contribution in [0.4, 0.5) is 0 Å². The van der Waals surface area contributed by atoms with Crippen LogP contribution in [0.3, 0.4) is 0 Å². The molecule has 2 unspecified atom stereocenters. The molecule has 2 aliphatic rings. The lowest BCUT2D eigenvalue weighted by Gasteiger charge is -2.27. The highest BCUT2D eigenvalue weighted by Crippen LogP contribution is 2.43. The molecular formula is C24H29NO4. The molecule has 2 atom stereocenters. The third-order valence-electron chi connectivity index (χ3n) is 5.75. The summed E-state index contributed by atoms with van der Waals surface area (Å²) in [6.07, 6.45) is 1.50. The van der Waals surface area contributed by atoms with Crippen LogP contribution >= 0.6 is 0 Å². The van der Waals surface area contributed by atoms with Crippen LogP contribution in [0, 0.1) is 6.92 Å². The Morgan fingerprint density at radius 3 is 2.83 bits per heavy atom. The van der Waals surface area contributed by atoms with E-state index in [2.05, 4.69) is 25.2 Å². The highest BCUT2D eigenvalue weighted by Gasteiger charge is 2.34. The van der Waals surface area contributed by atoms with Crippen LogP contribution in [0.2, 0.25) is 0 Å². The Labute approximate surface area is 172 Å². The van der Waals surface area contributed by atoms with Gasteiger partial charge in [-0.2, -0.15) is 0 Å². The molecule has 2 aromatic rings. The van der Waals surface area contributed by atoms with E-state index < -0.39 is 0 Å². The van der Waals surface area contributed by atoms with E-state index in [1.54, 1.807) is 7.11 Å². The first-order chi connectivity index (χ1) is 13.8. The van der Waals surface area contributed by atoms with E-state index >= 15 is 0 Å². The van der Waals surface area contributed by atoms with Gasteiger partial charge in [-0.15, -0.1) is 0 Å². The maximum Gasteiger partial charge on any atom is 0.228 e. The van der Waals surface area contributed by atoms with Gasteiger partial charge in [0.2, 0.25) is 5.91 Å². The van der Waals surface area contributed by atoms with Gasteiger partial charge in [0.1, 0.15) is 11.4 Å². The molecule has 0 spiro atoms. The minimum absolute atomic E-state index is 0.0296. The molecule has 0 radical (unpaired) electrons. The van der Waals surface area contributed by atoms with Gasteiger partial charge in [-0.25, -0.2) is 0 Å². The topological polar surface area (TPSA) is 56.8 Å². The first-order valence-electron chi connectivity index (χ1n) is 10.2. The Hall–Kier alpha value is -2.69. The van der Waals surface area contributed by atoms with Gasteiger partial charge < -0.3 is 19.5 Å². The molecule has 4 rings (SSSR count). The highest BCUT2D eigenvalue weighted by atomic mass is 16.5. The molecule has 0 saturated heterocycles. The number of nitrogens with one attached hydrogen (secondary N) is 1. The predicted octanol–water partition coefficient (Wildman–Crippen LogP) is 4.46. The molecule has 0 saturated carbocycles. The summed E-state index contributed by atoms with van der Waals surface area (Å²) in [7, 11) is 1.65. The zero-order chi connectivity index (χ0) is 20.8. The summed E-state index contributed by atoms with van der Waals surface area (Å²) < 4.78 is 17.4. The lowest BCUT2D eigenvalue weighted by Crippen LogP contribution is -2.34. The Bertz CT molecular complexity index is 950. The maximum atomic E-state index is 13.1. The summed E-state index contributed by atoms with van der Waals surface area (Å²) in [5, 5.41) is 3.19. The molecule has 0 aromatic heterocycles. The standard InChI is InChI=1S/C24H29NO4/c1-14-6-7-18-19(8-9-28-20(18)10-14)23(26)25-15(2)16-11-17-13-24(3,4)29-22(17)21(12-16)27-5/h6-7,10-12,15,19H,8-9,13H2,1-5H3,(H,25,26). The van der Waals surface area contributed by atoms with E-state index in [1.165, 1.54) is 0 Å². The van der Waals surface area contributed by atoms with Gasteiger partial charge in [0.25, 0.3) is 0 Å². The second kappa shape index (κ2) is 7.29. The third kappa shape index (κ3) is 3.78. The summed E-state index contributed by atoms with van der Waals surface area (Å²) in [5.41, 5.74) is 4.00. The molecule has 0 aliphatic carbocycles. The molecule has 0 fully saturated rings. The Kier molecular flexibility index (Phi) is 4.93. The Balaban J connectivity index is 1.55. The first-order valence-corrected chi connectivity index (χ1v) is 10.2. The zero-order valence-electron chi connectivity index (χ0n) is 17.8. The number of benzene rings is 2. The van der Waals surface area contributed by atoms with Crippen LogP contribution in [-0.4, -0.2) is 25.2 Å². The molecule has 154 valence electrons. The number of carbonyl (C=O) groups is 1. The van der Waals surface area contributed by atoms with Crippen LogP contribution in [0.1, 0.15) is 61.4 Å². The quantitative estimate of drug-likeness (QED) is 0.830. The SMILES string of the molecule is COc1cc(C(C)NC(=O)C2CCOc3cc(C)ccc32)cc2c1OC(C)(C)C2. The number of hydrogen-bond acceptors (Lipinski definition) is 4. The molecule has 2 heterocycles. The number of fused-ring (bicyclic) bond motifs is 2. The van der Waals surface area contributed by atoms with E-state index in [-0.39, 0.29) is 23.5 Å². The number of aryl methyl sites for hydroxylation is 1. The minimum atomic E-state index is -0.245. The monoisotopic (exact) mass is 395 g/mol. The van der Waals surface area contributed by atoms with Gasteiger partial charge >= 0.3 is 0 Å². The van der Waals surface area contributed by atoms with Gasteiger partial charge in [-0.1, -0.05) is 12.1 Å². The average Bonchev–Trinajstić information content (AvgIpc) is 3.00. The summed E-state index contributed by atoms with van der Waals surface area (Å²) in [6.45, 7) is 8.74. The molecule has 29 heavy (non-hydrogen) atoms. The lowest BCUT2D eigenvalue weighted by atomic mass is 9.91. The smallest absolute Gasteiger partial charge is 0.228 e. The molecule has 2 aromatic carbocycles. The van der Waals surface area contributed by atoms with Crippen LogP contribution in [0.15, 0.2) is 30.3 Å². The summed E-state index contributed by atoms with van der Waals surface area (Å²) in [4.78, 5) is 13.1. The van der Waals surface area contributed by atoms with Crippen LogP contribution in [-0.2, 0) is 11.2 Å². The highest BCUT2D eigenvalue weighted by molar-refractivity contribution is 5.85. The second-order valence-corrected chi connectivity index (χ2v) is 8.71. The number of ether oxygens (including phenoxy) is 3. The molecule has 5 heteroatoms. The van der Waals surface area contributed by atoms with Gasteiger partial charge in [0, 0.05) is 17.5 Å². The Morgan fingerprint density at radius 1 is 1.28 bits per heavy atom. The van der Waals surface area contributed by atoms with E-state index in [9.17, 15) is 4.79 Å². The fourth-order valence-electron chi connectivity index (χ4n) is 4.27. The third-order valence-corrected chi connectivity index (χ3v) is 5.75.